The van der Waals surface area contributed by atoms with Crippen molar-refractivity contribution in [2.75, 3.05) is 25.1 Å². The lowest BCUT2D eigenvalue weighted by Gasteiger charge is -2.23. The van der Waals surface area contributed by atoms with Gasteiger partial charge in [0.1, 0.15) is 17.9 Å². The molecule has 1 aliphatic heterocycles. The second kappa shape index (κ2) is 9.84. The van der Waals surface area contributed by atoms with Crippen LogP contribution in [0.2, 0.25) is 5.02 Å². The van der Waals surface area contributed by atoms with Gasteiger partial charge in [0.15, 0.2) is 0 Å². The zero-order valence-electron chi connectivity index (χ0n) is 16.8. The van der Waals surface area contributed by atoms with E-state index in [-0.39, 0.29) is 11.6 Å². The molecule has 0 radical (unpaired) electrons. The zero-order chi connectivity index (χ0) is 21.8. The number of fused-ring (bicyclic) bond motifs is 1. The monoisotopic (exact) mass is 446 g/mol. The summed E-state index contributed by atoms with van der Waals surface area (Å²) in [6.45, 7) is 1.12. The summed E-state index contributed by atoms with van der Waals surface area (Å²) in [4.78, 5) is 8.99. The first-order valence-corrected chi connectivity index (χ1v) is 10.5. The van der Waals surface area contributed by atoms with Crippen LogP contribution in [-0.4, -0.2) is 46.0 Å². The van der Waals surface area contributed by atoms with Gasteiger partial charge in [-0.15, -0.1) is 0 Å². The molecule has 2 atom stereocenters. The maximum Gasteiger partial charge on any atom is 0.148 e. The second-order valence-electron chi connectivity index (χ2n) is 7.51. The number of halogens is 2. The Morgan fingerprint density at radius 2 is 2.00 bits per heavy atom. The first-order valence-electron chi connectivity index (χ1n) is 10.1. The Morgan fingerprint density at radius 3 is 2.74 bits per heavy atom. The van der Waals surface area contributed by atoms with Crippen LogP contribution in [0.3, 0.4) is 0 Å². The minimum Gasteiger partial charge on any atom is -0.394 e. The Kier molecular flexibility index (Phi) is 6.94. The number of hydrogen-bond acceptors (Lipinski definition) is 7. The molecule has 9 heteroatoms. The molecule has 0 aliphatic carbocycles. The Hall–Kier alpha value is -2.36. The molecule has 7 nitrogen and oxygen atoms in total. The van der Waals surface area contributed by atoms with E-state index in [1.807, 2.05) is 12.1 Å². The molecule has 31 heavy (non-hydrogen) atoms. The highest BCUT2D eigenvalue weighted by atomic mass is 35.5. The summed E-state index contributed by atoms with van der Waals surface area (Å²) in [5.41, 5.74) is 1.53. The van der Waals surface area contributed by atoms with Crippen LogP contribution < -0.4 is 10.6 Å². The Balaban J connectivity index is 1.51. The first kappa shape index (κ1) is 21.9. The van der Waals surface area contributed by atoms with Gasteiger partial charge in [-0.3, -0.25) is 5.32 Å². The van der Waals surface area contributed by atoms with E-state index in [0.717, 1.165) is 37.3 Å². The van der Waals surface area contributed by atoms with Gasteiger partial charge in [0, 0.05) is 36.9 Å². The molecule has 1 fully saturated rings. The number of aliphatic hydroxyl groups excluding tert-OH is 2. The number of nitrogens with one attached hydrogen (secondary N) is 2. The number of anilines is 1. The lowest BCUT2D eigenvalue weighted by atomic mass is 10.1. The molecule has 4 rings (SSSR count). The number of aromatic nitrogens is 2. The fourth-order valence-electron chi connectivity index (χ4n) is 3.57. The quantitative estimate of drug-likeness (QED) is 0.413. The van der Waals surface area contributed by atoms with Gasteiger partial charge < -0.3 is 20.3 Å². The average molecular weight is 447 g/mol. The third kappa shape index (κ3) is 5.28. The van der Waals surface area contributed by atoms with Gasteiger partial charge in [-0.1, -0.05) is 17.7 Å². The van der Waals surface area contributed by atoms with Crippen LogP contribution in [0.15, 0.2) is 42.6 Å². The lowest BCUT2D eigenvalue weighted by Crippen LogP contribution is -2.29. The molecule has 0 bridgehead atoms. The van der Waals surface area contributed by atoms with Gasteiger partial charge in [-0.05, 0) is 42.7 Å². The van der Waals surface area contributed by atoms with E-state index >= 15 is 0 Å². The molecule has 4 N–H and O–H groups in total. The molecule has 3 heterocycles. The number of aliphatic hydroxyl groups is 2. The highest BCUT2D eigenvalue weighted by Gasteiger charge is 2.19. The van der Waals surface area contributed by atoms with Gasteiger partial charge in [0.05, 0.1) is 28.9 Å². The summed E-state index contributed by atoms with van der Waals surface area (Å²) in [6.07, 6.45) is 2.41. The SMILES string of the molecule is OC[C@@H](NC(O)c1ccc2cnc(NC3CCOCC3)cc2n1)c1ccc(Cl)c(F)c1. The summed E-state index contributed by atoms with van der Waals surface area (Å²) in [6, 6.07) is 9.21. The fourth-order valence-corrected chi connectivity index (χ4v) is 3.69. The molecule has 164 valence electrons. The molecule has 0 amide bonds. The number of hydrogen-bond donors (Lipinski definition) is 4. The molecule has 3 aromatic rings. The molecular weight excluding hydrogens is 423 g/mol. The molecule has 2 aromatic heterocycles. The Bertz CT molecular complexity index is 1050. The molecule has 1 saturated heterocycles. The largest absolute Gasteiger partial charge is 0.394 e. The summed E-state index contributed by atoms with van der Waals surface area (Å²) < 4.78 is 19.2. The predicted molar refractivity (Wildman–Crippen MR) is 116 cm³/mol. The highest BCUT2D eigenvalue weighted by molar-refractivity contribution is 6.30. The predicted octanol–water partition coefficient (Wildman–Crippen LogP) is 3.33. The van der Waals surface area contributed by atoms with Gasteiger partial charge in [0.25, 0.3) is 0 Å². The number of pyridine rings is 2. The maximum absolute atomic E-state index is 13.8. The van der Waals surface area contributed by atoms with Gasteiger partial charge in [-0.2, -0.15) is 0 Å². The summed E-state index contributed by atoms with van der Waals surface area (Å²) in [5, 5.41) is 27.5. The first-order chi connectivity index (χ1) is 15.0. The van der Waals surface area contributed by atoms with Crippen LogP contribution in [0.5, 0.6) is 0 Å². The van der Waals surface area contributed by atoms with Crippen LogP contribution in [0.4, 0.5) is 10.2 Å². The van der Waals surface area contributed by atoms with Crippen LogP contribution in [0.1, 0.15) is 36.4 Å². The maximum atomic E-state index is 13.8. The topological polar surface area (TPSA) is 99.5 Å². The van der Waals surface area contributed by atoms with Crippen molar-refractivity contribution in [2.45, 2.75) is 31.2 Å². The van der Waals surface area contributed by atoms with E-state index in [9.17, 15) is 14.6 Å². The van der Waals surface area contributed by atoms with Crippen molar-refractivity contribution >= 4 is 28.3 Å². The Morgan fingerprint density at radius 1 is 1.19 bits per heavy atom. The molecular formula is C22H24ClFN4O3. The number of rotatable bonds is 7. The molecule has 1 aliphatic rings. The van der Waals surface area contributed by atoms with Gasteiger partial charge in [0.2, 0.25) is 0 Å². The number of nitrogens with zero attached hydrogens (tertiary/aromatic N) is 2. The number of ether oxygens (including phenoxy) is 1. The second-order valence-corrected chi connectivity index (χ2v) is 7.91. The van der Waals surface area contributed by atoms with E-state index in [1.165, 1.54) is 12.1 Å². The minimum absolute atomic E-state index is 0.00374. The normalized spacial score (nSPS) is 16.9. The van der Waals surface area contributed by atoms with Crippen molar-refractivity contribution in [2.24, 2.45) is 0 Å². The summed E-state index contributed by atoms with van der Waals surface area (Å²) >= 11 is 5.73. The van der Waals surface area contributed by atoms with Crippen molar-refractivity contribution in [3.63, 3.8) is 0 Å². The third-order valence-electron chi connectivity index (χ3n) is 5.34. The van der Waals surface area contributed by atoms with Crippen LogP contribution >= 0.6 is 11.6 Å². The Labute approximate surface area is 184 Å². The van der Waals surface area contributed by atoms with Gasteiger partial charge >= 0.3 is 0 Å². The third-order valence-corrected chi connectivity index (χ3v) is 5.64. The van der Waals surface area contributed by atoms with Crippen molar-refractivity contribution in [1.29, 1.82) is 0 Å². The fraction of sp³-hybridized carbons (Fsp3) is 0.364. The van der Waals surface area contributed by atoms with Gasteiger partial charge in [-0.25, -0.2) is 14.4 Å². The standard InChI is InChI=1S/C22H24ClFN4O3/c23-16-3-1-13(9-17(16)24)20(12-29)28-22(30)18-4-2-14-11-25-21(10-19(14)27-18)26-15-5-7-31-8-6-15/h1-4,9-11,15,20,22,28-30H,5-8,12H2,(H,25,26)/t20-,22?/m1/s1. The van der Waals surface area contributed by atoms with E-state index < -0.39 is 18.1 Å². The highest BCUT2D eigenvalue weighted by Crippen LogP contribution is 2.24. The zero-order valence-corrected chi connectivity index (χ0v) is 17.5. The van der Waals surface area contributed by atoms with Crippen molar-refractivity contribution in [3.8, 4) is 0 Å². The molecule has 1 unspecified atom stereocenters. The molecule has 1 aromatic carbocycles. The average Bonchev–Trinajstić information content (AvgIpc) is 2.79. The smallest absolute Gasteiger partial charge is 0.148 e. The lowest BCUT2D eigenvalue weighted by molar-refractivity contribution is 0.0904. The van der Waals surface area contributed by atoms with E-state index in [0.29, 0.717) is 22.8 Å². The summed E-state index contributed by atoms with van der Waals surface area (Å²) in [5.74, 6) is 0.131. The van der Waals surface area contributed by atoms with Crippen molar-refractivity contribution in [1.82, 2.24) is 15.3 Å². The van der Waals surface area contributed by atoms with Crippen molar-refractivity contribution in [3.05, 3.63) is 64.7 Å². The van der Waals surface area contributed by atoms with Crippen LogP contribution in [0, 0.1) is 5.82 Å². The molecule has 0 saturated carbocycles. The summed E-state index contributed by atoms with van der Waals surface area (Å²) in [7, 11) is 0. The van der Waals surface area contributed by atoms with E-state index in [1.54, 1.807) is 18.3 Å². The van der Waals surface area contributed by atoms with E-state index in [4.69, 9.17) is 16.3 Å². The van der Waals surface area contributed by atoms with Crippen LogP contribution in [-0.2, 0) is 4.74 Å². The molecule has 0 spiro atoms. The number of benzene rings is 1. The van der Waals surface area contributed by atoms with Crippen LogP contribution in [0.25, 0.3) is 10.9 Å². The van der Waals surface area contributed by atoms with E-state index in [2.05, 4.69) is 20.6 Å². The minimum atomic E-state index is -1.17. The van der Waals surface area contributed by atoms with Crippen molar-refractivity contribution < 1.29 is 19.3 Å².